The van der Waals surface area contributed by atoms with Crippen LogP contribution in [0.2, 0.25) is 0 Å². The summed E-state index contributed by atoms with van der Waals surface area (Å²) in [4.78, 5) is 14.3. The van der Waals surface area contributed by atoms with Crippen molar-refractivity contribution in [2.45, 2.75) is 64.2 Å². The molecule has 3 nitrogen and oxygen atoms in total. The van der Waals surface area contributed by atoms with Crippen molar-refractivity contribution in [3.8, 4) is 0 Å². The lowest BCUT2D eigenvalue weighted by Crippen LogP contribution is -2.44. The molecule has 4 unspecified atom stereocenters. The van der Waals surface area contributed by atoms with Crippen molar-refractivity contribution in [2.24, 2.45) is 11.8 Å². The minimum absolute atomic E-state index is 0.0402. The van der Waals surface area contributed by atoms with E-state index in [0.717, 1.165) is 5.92 Å². The standard InChI is InChI=1S/C13H22N2O/c1-8-7-11(8)15-12(10-5-3-4-6-10)14-9(2)13(15)16/h8-12,14H,3-7H2,1-2H3. The zero-order chi connectivity index (χ0) is 11.3. The van der Waals surface area contributed by atoms with Gasteiger partial charge in [-0.05, 0) is 38.0 Å². The highest BCUT2D eigenvalue weighted by Gasteiger charge is 2.50. The van der Waals surface area contributed by atoms with Crippen molar-refractivity contribution in [3.05, 3.63) is 0 Å². The average Bonchev–Trinajstić information content (AvgIpc) is 2.70. The largest absolute Gasteiger partial charge is 0.322 e. The van der Waals surface area contributed by atoms with Crippen LogP contribution in [0.1, 0.15) is 46.0 Å². The van der Waals surface area contributed by atoms with Crippen LogP contribution in [-0.2, 0) is 4.79 Å². The number of carbonyl (C=O) groups is 1. The molecule has 0 aromatic rings. The van der Waals surface area contributed by atoms with Crippen molar-refractivity contribution < 1.29 is 4.79 Å². The second-order valence-electron chi connectivity index (χ2n) is 5.90. The van der Waals surface area contributed by atoms with E-state index in [1.54, 1.807) is 0 Å². The molecule has 0 bridgehead atoms. The fraction of sp³-hybridized carbons (Fsp3) is 0.923. The summed E-state index contributed by atoms with van der Waals surface area (Å²) in [6, 6.07) is 0.578. The molecule has 0 aromatic carbocycles. The van der Waals surface area contributed by atoms with Crippen LogP contribution in [0.5, 0.6) is 0 Å². The second kappa shape index (κ2) is 3.73. The lowest BCUT2D eigenvalue weighted by Gasteiger charge is -2.29. The summed E-state index contributed by atoms with van der Waals surface area (Å²) in [5.74, 6) is 1.77. The first-order valence-corrected chi connectivity index (χ1v) is 6.76. The Morgan fingerprint density at radius 2 is 1.88 bits per heavy atom. The van der Waals surface area contributed by atoms with E-state index in [1.165, 1.54) is 32.1 Å². The van der Waals surface area contributed by atoms with Gasteiger partial charge in [0, 0.05) is 6.04 Å². The molecule has 1 N–H and O–H groups in total. The summed E-state index contributed by atoms with van der Waals surface area (Å²) >= 11 is 0. The van der Waals surface area contributed by atoms with Crippen LogP contribution in [0, 0.1) is 11.8 Å². The molecule has 1 aliphatic heterocycles. The molecule has 90 valence electrons. The molecule has 3 rings (SSSR count). The van der Waals surface area contributed by atoms with Gasteiger partial charge in [0.05, 0.1) is 12.2 Å². The molecule has 1 saturated heterocycles. The maximum absolute atomic E-state index is 12.2. The first-order valence-electron chi connectivity index (χ1n) is 6.76. The van der Waals surface area contributed by atoms with E-state index >= 15 is 0 Å². The molecule has 0 radical (unpaired) electrons. The van der Waals surface area contributed by atoms with Gasteiger partial charge in [0.1, 0.15) is 0 Å². The van der Waals surface area contributed by atoms with E-state index in [2.05, 4.69) is 17.1 Å². The van der Waals surface area contributed by atoms with Gasteiger partial charge in [-0.1, -0.05) is 19.8 Å². The van der Waals surface area contributed by atoms with E-state index in [0.29, 0.717) is 24.0 Å². The van der Waals surface area contributed by atoms with E-state index in [-0.39, 0.29) is 6.04 Å². The van der Waals surface area contributed by atoms with Crippen LogP contribution in [0.15, 0.2) is 0 Å². The first-order chi connectivity index (χ1) is 7.68. The topological polar surface area (TPSA) is 32.3 Å². The van der Waals surface area contributed by atoms with Crippen molar-refractivity contribution >= 4 is 5.91 Å². The normalized spacial score (nSPS) is 44.4. The molecule has 3 aliphatic rings. The van der Waals surface area contributed by atoms with Crippen LogP contribution in [0.25, 0.3) is 0 Å². The van der Waals surface area contributed by atoms with E-state index < -0.39 is 0 Å². The van der Waals surface area contributed by atoms with Crippen molar-refractivity contribution in [2.75, 3.05) is 0 Å². The number of hydrogen-bond donors (Lipinski definition) is 1. The third-order valence-corrected chi connectivity index (χ3v) is 4.62. The Bertz CT molecular complexity index is 298. The minimum Gasteiger partial charge on any atom is -0.322 e. The predicted molar refractivity (Wildman–Crippen MR) is 62.8 cm³/mol. The molecule has 3 heteroatoms. The maximum Gasteiger partial charge on any atom is 0.240 e. The van der Waals surface area contributed by atoms with Gasteiger partial charge in [-0.2, -0.15) is 0 Å². The first kappa shape index (κ1) is 10.6. The van der Waals surface area contributed by atoms with Crippen LogP contribution in [0.4, 0.5) is 0 Å². The Balaban J connectivity index is 1.77. The highest BCUT2D eigenvalue weighted by Crippen LogP contribution is 2.41. The van der Waals surface area contributed by atoms with Crippen LogP contribution < -0.4 is 5.32 Å². The predicted octanol–water partition coefficient (Wildman–Crippen LogP) is 1.73. The monoisotopic (exact) mass is 222 g/mol. The number of carbonyl (C=O) groups excluding carboxylic acids is 1. The Hall–Kier alpha value is -0.570. The fourth-order valence-electron chi connectivity index (χ4n) is 3.46. The summed E-state index contributed by atoms with van der Waals surface area (Å²) in [7, 11) is 0. The van der Waals surface area contributed by atoms with Gasteiger partial charge < -0.3 is 4.90 Å². The lowest BCUT2D eigenvalue weighted by molar-refractivity contribution is -0.131. The molecule has 0 aromatic heterocycles. The molecular formula is C13H22N2O. The number of rotatable bonds is 2. The molecular weight excluding hydrogens is 200 g/mol. The molecule has 0 spiro atoms. The summed E-state index contributed by atoms with van der Waals surface area (Å²) in [5.41, 5.74) is 0. The van der Waals surface area contributed by atoms with Gasteiger partial charge >= 0.3 is 0 Å². The van der Waals surface area contributed by atoms with Crippen molar-refractivity contribution in [1.82, 2.24) is 10.2 Å². The maximum atomic E-state index is 12.2. The minimum atomic E-state index is 0.0402. The molecule has 3 fully saturated rings. The molecule has 1 heterocycles. The van der Waals surface area contributed by atoms with E-state index in [9.17, 15) is 4.79 Å². The number of amides is 1. The lowest BCUT2D eigenvalue weighted by atomic mass is 10.0. The zero-order valence-corrected chi connectivity index (χ0v) is 10.3. The highest BCUT2D eigenvalue weighted by atomic mass is 16.2. The second-order valence-corrected chi connectivity index (χ2v) is 5.90. The van der Waals surface area contributed by atoms with Crippen LogP contribution in [0.3, 0.4) is 0 Å². The molecule has 4 atom stereocenters. The number of nitrogens with one attached hydrogen (secondary N) is 1. The molecule has 16 heavy (non-hydrogen) atoms. The van der Waals surface area contributed by atoms with E-state index in [4.69, 9.17) is 0 Å². The Morgan fingerprint density at radius 1 is 1.25 bits per heavy atom. The molecule has 1 amide bonds. The average molecular weight is 222 g/mol. The van der Waals surface area contributed by atoms with Crippen molar-refractivity contribution in [3.63, 3.8) is 0 Å². The zero-order valence-electron chi connectivity index (χ0n) is 10.3. The third-order valence-electron chi connectivity index (χ3n) is 4.62. The van der Waals surface area contributed by atoms with Gasteiger partial charge in [-0.3, -0.25) is 10.1 Å². The SMILES string of the molecule is CC1NC(C2CCCC2)N(C2CC2C)C1=O. The van der Waals surface area contributed by atoms with Gasteiger partial charge in [-0.25, -0.2) is 0 Å². The summed E-state index contributed by atoms with van der Waals surface area (Å²) in [6.45, 7) is 4.27. The summed E-state index contributed by atoms with van der Waals surface area (Å²) in [6.07, 6.45) is 6.85. The van der Waals surface area contributed by atoms with Gasteiger partial charge in [0.15, 0.2) is 0 Å². The van der Waals surface area contributed by atoms with Gasteiger partial charge in [0.2, 0.25) is 5.91 Å². The fourth-order valence-corrected chi connectivity index (χ4v) is 3.46. The third kappa shape index (κ3) is 1.56. The smallest absolute Gasteiger partial charge is 0.240 e. The Kier molecular flexibility index (Phi) is 2.46. The Labute approximate surface area is 97.6 Å². The van der Waals surface area contributed by atoms with Crippen LogP contribution >= 0.6 is 0 Å². The molecule has 2 aliphatic carbocycles. The number of hydrogen-bond acceptors (Lipinski definition) is 2. The van der Waals surface area contributed by atoms with Gasteiger partial charge in [-0.15, -0.1) is 0 Å². The van der Waals surface area contributed by atoms with Crippen molar-refractivity contribution in [1.29, 1.82) is 0 Å². The van der Waals surface area contributed by atoms with Gasteiger partial charge in [0.25, 0.3) is 0 Å². The van der Waals surface area contributed by atoms with E-state index in [1.807, 2.05) is 6.92 Å². The Morgan fingerprint density at radius 3 is 2.44 bits per heavy atom. The highest BCUT2D eigenvalue weighted by molar-refractivity contribution is 5.84. The number of nitrogens with zero attached hydrogens (tertiary/aromatic N) is 1. The summed E-state index contributed by atoms with van der Waals surface area (Å²) < 4.78 is 0. The summed E-state index contributed by atoms with van der Waals surface area (Å²) in [5, 5.41) is 3.51. The van der Waals surface area contributed by atoms with Crippen LogP contribution in [-0.4, -0.2) is 29.1 Å². The molecule has 2 saturated carbocycles. The quantitative estimate of drug-likeness (QED) is 0.771.